The zero-order valence-corrected chi connectivity index (χ0v) is 16.3. The second-order valence-electron chi connectivity index (χ2n) is 6.68. The van der Waals surface area contributed by atoms with Crippen molar-refractivity contribution in [2.75, 3.05) is 13.7 Å². The summed E-state index contributed by atoms with van der Waals surface area (Å²) in [7, 11) is 1.56. The molecule has 0 aliphatic heterocycles. The number of fused-ring (bicyclic) bond motifs is 1. The van der Waals surface area contributed by atoms with Crippen molar-refractivity contribution in [3.63, 3.8) is 0 Å². The highest BCUT2D eigenvalue weighted by atomic mass is 16.5. The van der Waals surface area contributed by atoms with Gasteiger partial charge in [-0.1, -0.05) is 24.3 Å². The number of hydrogen-bond acceptors (Lipinski definition) is 6. The maximum Gasteiger partial charge on any atom is 0.150 e. The van der Waals surface area contributed by atoms with Crippen molar-refractivity contribution in [2.45, 2.75) is 20.0 Å². The number of nitrogens with zero attached hydrogens (tertiary/aromatic N) is 5. The van der Waals surface area contributed by atoms with Crippen molar-refractivity contribution in [3.05, 3.63) is 59.7 Å². The molecular formula is C21H21N7O. The largest absolute Gasteiger partial charge is 0.495 e. The van der Waals surface area contributed by atoms with Gasteiger partial charge < -0.3 is 15.0 Å². The average Bonchev–Trinajstić information content (AvgIpc) is 3.38. The lowest BCUT2D eigenvalue weighted by molar-refractivity contribution is 0.413. The minimum atomic E-state index is 0.291. The van der Waals surface area contributed by atoms with Gasteiger partial charge in [0.2, 0.25) is 0 Å². The van der Waals surface area contributed by atoms with E-state index in [0.29, 0.717) is 29.2 Å². The molecule has 29 heavy (non-hydrogen) atoms. The smallest absolute Gasteiger partial charge is 0.150 e. The molecule has 0 atom stereocenters. The average molecular weight is 387 g/mol. The molecule has 0 saturated heterocycles. The SMILES string of the molecule is CCNCc1cc2ccc(Cn3cc(-c4cc(OC)cnc4C#N)nn3)cc2[nH]1. The zero-order valence-electron chi connectivity index (χ0n) is 16.3. The van der Waals surface area contributed by atoms with Crippen molar-refractivity contribution in [1.29, 1.82) is 5.26 Å². The Labute approximate surface area is 168 Å². The highest BCUT2D eigenvalue weighted by Crippen LogP contribution is 2.24. The monoisotopic (exact) mass is 387 g/mol. The molecule has 4 rings (SSSR count). The van der Waals surface area contributed by atoms with Crippen molar-refractivity contribution >= 4 is 10.9 Å². The van der Waals surface area contributed by atoms with Gasteiger partial charge in [0.15, 0.2) is 0 Å². The number of methoxy groups -OCH3 is 1. The second kappa shape index (κ2) is 8.12. The fourth-order valence-corrected chi connectivity index (χ4v) is 3.22. The fraction of sp³-hybridized carbons (Fsp3) is 0.238. The van der Waals surface area contributed by atoms with Gasteiger partial charge in [-0.25, -0.2) is 9.67 Å². The van der Waals surface area contributed by atoms with Gasteiger partial charge in [0.05, 0.1) is 26.0 Å². The predicted molar refractivity (Wildman–Crippen MR) is 109 cm³/mol. The van der Waals surface area contributed by atoms with Gasteiger partial charge >= 0.3 is 0 Å². The van der Waals surface area contributed by atoms with E-state index < -0.39 is 0 Å². The van der Waals surface area contributed by atoms with Gasteiger partial charge in [0, 0.05) is 23.3 Å². The lowest BCUT2D eigenvalue weighted by Gasteiger charge is -2.03. The summed E-state index contributed by atoms with van der Waals surface area (Å²) in [5, 5.41) is 22.3. The van der Waals surface area contributed by atoms with Crippen LogP contribution in [0.5, 0.6) is 5.75 Å². The standard InChI is InChI=1S/C21H21N7O/c1-3-23-10-16-7-15-5-4-14(6-19(15)25-16)12-28-13-21(26-27-28)18-8-17(29-2)11-24-20(18)9-22/h4-8,11,13,23,25H,3,10,12H2,1-2H3. The molecule has 0 amide bonds. The molecule has 2 N–H and O–H groups in total. The van der Waals surface area contributed by atoms with E-state index in [1.165, 1.54) is 11.6 Å². The minimum absolute atomic E-state index is 0.291. The van der Waals surface area contributed by atoms with Crippen LogP contribution in [0.4, 0.5) is 0 Å². The summed E-state index contributed by atoms with van der Waals surface area (Å²) < 4.78 is 6.96. The van der Waals surface area contributed by atoms with E-state index in [2.05, 4.69) is 62.9 Å². The van der Waals surface area contributed by atoms with Crippen LogP contribution in [-0.2, 0) is 13.1 Å². The fourth-order valence-electron chi connectivity index (χ4n) is 3.22. The van der Waals surface area contributed by atoms with E-state index in [1.54, 1.807) is 17.9 Å². The Morgan fingerprint density at radius 3 is 2.97 bits per heavy atom. The molecule has 0 saturated carbocycles. The molecule has 0 aliphatic rings. The summed E-state index contributed by atoms with van der Waals surface area (Å²) in [6.07, 6.45) is 3.33. The van der Waals surface area contributed by atoms with Gasteiger partial charge in [0.1, 0.15) is 23.2 Å². The quantitative estimate of drug-likeness (QED) is 0.505. The van der Waals surface area contributed by atoms with Crippen molar-refractivity contribution in [3.8, 4) is 23.1 Å². The van der Waals surface area contributed by atoms with E-state index in [9.17, 15) is 5.26 Å². The third-order valence-electron chi connectivity index (χ3n) is 4.67. The van der Waals surface area contributed by atoms with Crippen LogP contribution in [0.15, 0.2) is 42.7 Å². The van der Waals surface area contributed by atoms with Crippen LogP contribution < -0.4 is 10.1 Å². The number of nitrogens with one attached hydrogen (secondary N) is 2. The Morgan fingerprint density at radius 2 is 2.17 bits per heavy atom. The van der Waals surface area contributed by atoms with Crippen LogP contribution in [0.2, 0.25) is 0 Å². The molecule has 146 valence electrons. The van der Waals surface area contributed by atoms with E-state index in [4.69, 9.17) is 4.74 Å². The van der Waals surface area contributed by atoms with E-state index in [-0.39, 0.29) is 0 Å². The van der Waals surface area contributed by atoms with Crippen LogP contribution in [0.3, 0.4) is 0 Å². The van der Waals surface area contributed by atoms with Crippen molar-refractivity contribution in [2.24, 2.45) is 0 Å². The highest BCUT2D eigenvalue weighted by molar-refractivity contribution is 5.81. The Kier molecular flexibility index (Phi) is 5.22. The van der Waals surface area contributed by atoms with Crippen LogP contribution in [0.25, 0.3) is 22.2 Å². The molecule has 0 bridgehead atoms. The number of ether oxygens (including phenoxy) is 1. The van der Waals surface area contributed by atoms with Gasteiger partial charge in [-0.3, -0.25) is 0 Å². The van der Waals surface area contributed by atoms with Crippen LogP contribution in [0.1, 0.15) is 23.9 Å². The lowest BCUT2D eigenvalue weighted by atomic mass is 10.1. The first-order valence-electron chi connectivity index (χ1n) is 9.36. The summed E-state index contributed by atoms with van der Waals surface area (Å²) in [5.74, 6) is 0.569. The summed E-state index contributed by atoms with van der Waals surface area (Å²) in [6.45, 7) is 4.42. The number of benzene rings is 1. The highest BCUT2D eigenvalue weighted by Gasteiger charge is 2.12. The zero-order chi connectivity index (χ0) is 20.2. The van der Waals surface area contributed by atoms with E-state index >= 15 is 0 Å². The summed E-state index contributed by atoms with van der Waals surface area (Å²) in [5.41, 5.74) is 4.85. The van der Waals surface area contributed by atoms with Gasteiger partial charge in [-0.2, -0.15) is 5.26 Å². The first-order valence-corrected chi connectivity index (χ1v) is 9.36. The minimum Gasteiger partial charge on any atom is -0.495 e. The molecule has 4 aromatic rings. The van der Waals surface area contributed by atoms with Gasteiger partial charge in [-0.05, 0) is 35.7 Å². The number of rotatable bonds is 7. The summed E-state index contributed by atoms with van der Waals surface area (Å²) >= 11 is 0. The molecule has 0 radical (unpaired) electrons. The van der Waals surface area contributed by atoms with Crippen LogP contribution in [-0.4, -0.2) is 38.6 Å². The van der Waals surface area contributed by atoms with Crippen molar-refractivity contribution in [1.82, 2.24) is 30.3 Å². The second-order valence-corrected chi connectivity index (χ2v) is 6.68. The third-order valence-corrected chi connectivity index (χ3v) is 4.67. The van der Waals surface area contributed by atoms with Gasteiger partial charge in [0.25, 0.3) is 0 Å². The molecule has 1 aromatic carbocycles. The van der Waals surface area contributed by atoms with E-state index in [0.717, 1.165) is 29.9 Å². The molecule has 0 spiro atoms. The van der Waals surface area contributed by atoms with Crippen molar-refractivity contribution < 1.29 is 4.74 Å². The molecular weight excluding hydrogens is 366 g/mol. The first kappa shape index (κ1) is 18.7. The molecule has 0 aliphatic carbocycles. The number of aromatic nitrogens is 5. The number of nitriles is 1. The normalized spacial score (nSPS) is 10.9. The summed E-state index contributed by atoms with van der Waals surface area (Å²) in [4.78, 5) is 7.57. The Hall–Kier alpha value is -3.70. The topological polar surface area (TPSA) is 104 Å². The Bertz CT molecular complexity index is 1190. The molecule has 0 fully saturated rings. The lowest BCUT2D eigenvalue weighted by Crippen LogP contribution is -2.11. The Balaban J connectivity index is 1.57. The molecule has 8 nitrogen and oxygen atoms in total. The Morgan fingerprint density at radius 1 is 1.28 bits per heavy atom. The predicted octanol–water partition coefficient (Wildman–Crippen LogP) is 2.86. The molecule has 3 heterocycles. The molecule has 0 unspecified atom stereocenters. The maximum atomic E-state index is 9.33. The number of pyridine rings is 1. The summed E-state index contributed by atoms with van der Waals surface area (Å²) in [6, 6.07) is 12.3. The van der Waals surface area contributed by atoms with E-state index in [1.807, 2.05) is 6.20 Å². The number of hydrogen-bond donors (Lipinski definition) is 2. The van der Waals surface area contributed by atoms with Crippen LogP contribution in [0, 0.1) is 11.3 Å². The number of aromatic amines is 1. The van der Waals surface area contributed by atoms with Crippen LogP contribution >= 0.6 is 0 Å². The first-order chi connectivity index (χ1) is 14.2. The molecule has 8 heteroatoms. The maximum absolute atomic E-state index is 9.33. The number of H-pyrrole nitrogens is 1. The third kappa shape index (κ3) is 3.95. The van der Waals surface area contributed by atoms with Gasteiger partial charge in [-0.15, -0.1) is 5.10 Å². The molecule has 3 aromatic heterocycles.